The largest absolute Gasteiger partial charge is 3.00 e. The van der Waals surface area contributed by atoms with E-state index in [4.69, 9.17) is 4.65 Å². The van der Waals surface area contributed by atoms with E-state index < -0.39 is 16.5 Å². The van der Waals surface area contributed by atoms with Gasteiger partial charge in [-0.05, 0) is 41.5 Å². The van der Waals surface area contributed by atoms with Crippen LogP contribution in [0.15, 0.2) is 46.6 Å². The maximum absolute atomic E-state index is 4.82. The zero-order valence-corrected chi connectivity index (χ0v) is 25.8. The molecule has 2 aromatic rings. The van der Waals surface area contributed by atoms with E-state index in [1.807, 2.05) is 24.3 Å². The summed E-state index contributed by atoms with van der Waals surface area (Å²) in [5.74, 6) is 0. The first-order chi connectivity index (χ1) is 13.9. The molecule has 1 radical (unpaired) electrons. The minimum Gasteiger partial charge on any atom is -0.668 e. The van der Waals surface area contributed by atoms with Gasteiger partial charge < -0.3 is 14.6 Å². The minimum absolute atomic E-state index is 0. The van der Waals surface area contributed by atoms with Crippen LogP contribution in [0.1, 0.15) is 52.9 Å². The number of hydrogen-bond donors (Lipinski definition) is 0. The predicted molar refractivity (Wildman–Crippen MR) is 144 cm³/mol. The van der Waals surface area contributed by atoms with Crippen LogP contribution in [0.5, 0.6) is 0 Å². The van der Waals surface area contributed by atoms with Crippen molar-refractivity contribution in [3.63, 3.8) is 0 Å². The number of hydrogen-bond acceptors (Lipinski definition) is 2. The number of nitrogens with zero attached hydrogens (tertiary/aromatic N) is 5. The van der Waals surface area contributed by atoms with Crippen LogP contribution in [0.2, 0.25) is 39.3 Å². The van der Waals surface area contributed by atoms with E-state index in [0.29, 0.717) is 0 Å². The summed E-state index contributed by atoms with van der Waals surface area (Å²) < 4.78 is 4.82. The first-order valence-corrected chi connectivity index (χ1v) is 17.8. The molecule has 0 aliphatic heterocycles. The molecule has 5 nitrogen and oxygen atoms in total. The third-order valence-electron chi connectivity index (χ3n) is 2.99. The quantitative estimate of drug-likeness (QED) is 0.277. The molecule has 0 saturated carbocycles. The fourth-order valence-corrected chi connectivity index (χ4v) is 10.4. The average molecular weight is 632 g/mol. The van der Waals surface area contributed by atoms with Crippen LogP contribution < -0.4 is 9.97 Å². The summed E-state index contributed by atoms with van der Waals surface area (Å²) in [7, 11) is -2.21. The molecule has 0 N–H and O–H groups in total. The molecule has 0 aliphatic rings. The van der Waals surface area contributed by atoms with Crippen LogP contribution >= 0.6 is 0 Å². The third kappa shape index (κ3) is 24.5. The molecule has 0 bridgehead atoms. The Morgan fingerprint density at radius 3 is 1.16 bits per heavy atom. The summed E-state index contributed by atoms with van der Waals surface area (Å²) in [6, 6.07) is 7.69. The molecule has 0 aliphatic carbocycles. The van der Waals surface area contributed by atoms with Gasteiger partial charge in [0.2, 0.25) is 0 Å². The van der Waals surface area contributed by atoms with Crippen molar-refractivity contribution >= 4 is 28.9 Å². The Kier molecular flexibility index (Phi) is 15.9. The van der Waals surface area contributed by atoms with Crippen LogP contribution in [0.4, 0.5) is 0 Å². The van der Waals surface area contributed by atoms with Crippen molar-refractivity contribution in [1.82, 2.24) is 9.97 Å². The minimum atomic E-state index is -1.11. The van der Waals surface area contributed by atoms with Gasteiger partial charge in [0.1, 0.15) is 0 Å². The smallest absolute Gasteiger partial charge is 0.668 e. The molecule has 0 spiro atoms. The van der Waals surface area contributed by atoms with E-state index in [1.165, 1.54) is 0 Å². The standard InChI is InChI=1S/2C9H13N2.C6H18NSi2.Yb/c2*1-9(2,3)11-7-8-5-4-6-10-8;1-8(2,3)7-9(4,5)6;/h2*4-7H,1-3H3;1-6H3;/q3*-1;+3. The van der Waals surface area contributed by atoms with Gasteiger partial charge in [0.05, 0.1) is 11.1 Å². The fraction of sp³-hybridized carbons (Fsp3) is 0.583. The summed E-state index contributed by atoms with van der Waals surface area (Å²) >= 11 is 0. The van der Waals surface area contributed by atoms with Gasteiger partial charge in [-0.25, -0.2) is 0 Å². The molecule has 0 unspecified atom stereocenters. The average Bonchev–Trinajstić information content (AvgIpc) is 3.21. The van der Waals surface area contributed by atoms with E-state index in [9.17, 15) is 0 Å². The maximum Gasteiger partial charge on any atom is 3.00 e. The zero-order valence-electron chi connectivity index (χ0n) is 22.1. The van der Waals surface area contributed by atoms with Crippen molar-refractivity contribution in [3.05, 3.63) is 52.7 Å². The van der Waals surface area contributed by atoms with E-state index in [1.54, 1.807) is 24.8 Å². The van der Waals surface area contributed by atoms with E-state index >= 15 is 0 Å². The number of rotatable bonds is 4. The molecule has 0 fully saturated rings. The number of aliphatic imine (C=N–C) groups is 2. The first kappa shape index (κ1) is 34.0. The van der Waals surface area contributed by atoms with Crippen LogP contribution in [-0.4, -0.2) is 40.0 Å². The Labute approximate surface area is 238 Å². The van der Waals surface area contributed by atoms with Crippen molar-refractivity contribution < 1.29 is 46.9 Å². The second-order valence-corrected chi connectivity index (χ2v) is 21.0. The molecule has 32 heavy (non-hydrogen) atoms. The van der Waals surface area contributed by atoms with E-state index in [2.05, 4.69) is 101 Å². The molecule has 0 aromatic carbocycles. The molecule has 2 aromatic heterocycles. The Bertz CT molecular complexity index is 689. The van der Waals surface area contributed by atoms with Crippen molar-refractivity contribution in [2.75, 3.05) is 0 Å². The first-order valence-electron chi connectivity index (χ1n) is 10.9. The van der Waals surface area contributed by atoms with Gasteiger partial charge in [0.25, 0.3) is 0 Å². The summed E-state index contributed by atoms with van der Waals surface area (Å²) in [6.07, 6.45) is 7.15. The molecule has 187 valence electrons. The summed E-state index contributed by atoms with van der Waals surface area (Å²) in [5.41, 5.74) is 1.86. The monoisotopic (exact) mass is 632 g/mol. The van der Waals surface area contributed by atoms with Gasteiger partial charge in [-0.1, -0.05) is 80.0 Å². The van der Waals surface area contributed by atoms with Gasteiger partial charge >= 0.3 is 46.9 Å². The topological polar surface area (TPSA) is 67.0 Å². The molecule has 2 rings (SSSR count). The Morgan fingerprint density at radius 2 is 1.00 bits per heavy atom. The molecular formula is C24H44N5Si2Yb. The third-order valence-corrected chi connectivity index (χ3v) is 8.36. The molecule has 0 amide bonds. The molecular weight excluding hydrogens is 588 g/mol. The van der Waals surface area contributed by atoms with Crippen LogP contribution in [0.3, 0.4) is 0 Å². The summed E-state index contributed by atoms with van der Waals surface area (Å²) in [5, 5.41) is 0. The molecule has 2 heterocycles. The van der Waals surface area contributed by atoms with Crippen LogP contribution in [0.25, 0.3) is 4.65 Å². The Hall–Kier alpha value is -0.187. The normalized spacial score (nSPS) is 12.6. The molecule has 0 saturated heterocycles. The van der Waals surface area contributed by atoms with Crippen LogP contribution in [0, 0.1) is 46.9 Å². The fourth-order valence-electron chi connectivity index (χ4n) is 2.31. The van der Waals surface area contributed by atoms with Gasteiger partial charge in [-0.2, -0.15) is 12.4 Å². The van der Waals surface area contributed by atoms with Gasteiger partial charge in [-0.15, -0.1) is 11.4 Å². The molecule has 8 heteroatoms. The summed E-state index contributed by atoms with van der Waals surface area (Å²) in [4.78, 5) is 16.8. The number of aromatic nitrogens is 2. The van der Waals surface area contributed by atoms with Crippen molar-refractivity contribution in [2.45, 2.75) is 91.9 Å². The maximum atomic E-state index is 4.82. The van der Waals surface area contributed by atoms with Crippen molar-refractivity contribution in [3.8, 4) is 0 Å². The second kappa shape index (κ2) is 14.9. The van der Waals surface area contributed by atoms with E-state index in [-0.39, 0.29) is 58.0 Å². The zero-order chi connectivity index (χ0) is 24.3. The Balaban J connectivity index is 0. The summed E-state index contributed by atoms with van der Waals surface area (Å²) in [6.45, 7) is 26.2. The SMILES string of the molecule is CC(C)(C)N=Cc1ccc[n-]1.CC(C)(C)N=Cc1ccc[n-]1.C[Si](C)(C)[N-][Si](C)(C)C.[Yb+3]. The molecule has 0 atom stereocenters. The Morgan fingerprint density at radius 1 is 0.688 bits per heavy atom. The van der Waals surface area contributed by atoms with Gasteiger partial charge in [0, 0.05) is 12.4 Å². The van der Waals surface area contributed by atoms with Crippen molar-refractivity contribution in [1.29, 1.82) is 0 Å². The van der Waals surface area contributed by atoms with Gasteiger partial charge in [-0.3, -0.25) is 9.98 Å². The van der Waals surface area contributed by atoms with Crippen LogP contribution in [-0.2, 0) is 0 Å². The van der Waals surface area contributed by atoms with Crippen molar-refractivity contribution in [2.24, 2.45) is 9.98 Å². The van der Waals surface area contributed by atoms with E-state index in [0.717, 1.165) is 11.4 Å². The second-order valence-electron chi connectivity index (χ2n) is 11.4. The predicted octanol–water partition coefficient (Wildman–Crippen LogP) is 6.75. The van der Waals surface area contributed by atoms with Gasteiger partial charge in [0.15, 0.2) is 0 Å².